The minimum atomic E-state index is -0.426. The van der Waals surface area contributed by atoms with Crippen molar-refractivity contribution in [1.29, 1.82) is 0 Å². The van der Waals surface area contributed by atoms with Crippen LogP contribution in [0.3, 0.4) is 0 Å². The van der Waals surface area contributed by atoms with E-state index in [1.54, 1.807) is 27.0 Å². The van der Waals surface area contributed by atoms with Gasteiger partial charge in [-0.15, -0.1) is 0 Å². The molecule has 6 heteroatoms. The van der Waals surface area contributed by atoms with Crippen molar-refractivity contribution >= 4 is 5.91 Å². The molecule has 1 aromatic heterocycles. The molecule has 3 aromatic rings. The number of methoxy groups -OCH3 is 1. The summed E-state index contributed by atoms with van der Waals surface area (Å²) < 4.78 is 6.69. The van der Waals surface area contributed by atoms with Crippen LogP contribution in [0.25, 0.3) is 0 Å². The fourth-order valence-electron chi connectivity index (χ4n) is 3.14. The van der Waals surface area contributed by atoms with Crippen molar-refractivity contribution in [2.24, 2.45) is 0 Å². The van der Waals surface area contributed by atoms with Gasteiger partial charge in [0.2, 0.25) is 5.91 Å². The molecule has 0 saturated carbocycles. The van der Waals surface area contributed by atoms with Gasteiger partial charge >= 0.3 is 5.69 Å². The second kappa shape index (κ2) is 8.52. The normalized spacial score (nSPS) is 11.7. The first-order chi connectivity index (χ1) is 13.5. The number of ether oxygens (including phenoxy) is 1. The van der Waals surface area contributed by atoms with Crippen molar-refractivity contribution in [2.45, 2.75) is 26.4 Å². The van der Waals surface area contributed by atoms with Gasteiger partial charge in [-0.05, 0) is 43.2 Å². The highest BCUT2D eigenvalue weighted by Gasteiger charge is 2.18. The maximum atomic E-state index is 12.8. The predicted molar refractivity (Wildman–Crippen MR) is 107 cm³/mol. The molecular formula is C22H23N3O3. The van der Waals surface area contributed by atoms with Gasteiger partial charge in [-0.3, -0.25) is 9.36 Å². The molecule has 1 amide bonds. The van der Waals surface area contributed by atoms with E-state index in [4.69, 9.17) is 4.74 Å². The number of hydrogen-bond acceptors (Lipinski definition) is 4. The van der Waals surface area contributed by atoms with Gasteiger partial charge < -0.3 is 10.1 Å². The summed E-state index contributed by atoms with van der Waals surface area (Å²) in [5.74, 6) is 0.440. The van der Waals surface area contributed by atoms with Crippen LogP contribution in [-0.2, 0) is 11.3 Å². The van der Waals surface area contributed by atoms with Gasteiger partial charge in [0.05, 0.1) is 13.2 Å². The minimum absolute atomic E-state index is 0.0920. The number of carbonyl (C=O) groups is 1. The van der Waals surface area contributed by atoms with Crippen LogP contribution >= 0.6 is 0 Å². The number of aromatic nitrogens is 2. The van der Waals surface area contributed by atoms with E-state index in [9.17, 15) is 9.59 Å². The number of aryl methyl sites for hydroxylation is 2. The van der Waals surface area contributed by atoms with Gasteiger partial charge in [-0.25, -0.2) is 4.79 Å². The molecule has 0 fully saturated rings. The Labute approximate surface area is 163 Å². The zero-order valence-corrected chi connectivity index (χ0v) is 16.2. The van der Waals surface area contributed by atoms with Crippen LogP contribution in [0.2, 0.25) is 0 Å². The lowest BCUT2D eigenvalue weighted by atomic mass is 9.98. The van der Waals surface area contributed by atoms with Gasteiger partial charge in [0, 0.05) is 11.4 Å². The highest BCUT2D eigenvalue weighted by molar-refractivity contribution is 5.77. The molecular weight excluding hydrogens is 354 g/mol. The zero-order valence-electron chi connectivity index (χ0n) is 16.2. The molecule has 0 aliphatic carbocycles. The fourth-order valence-corrected chi connectivity index (χ4v) is 3.14. The molecule has 144 valence electrons. The third-order valence-corrected chi connectivity index (χ3v) is 4.51. The van der Waals surface area contributed by atoms with Crippen molar-refractivity contribution in [3.63, 3.8) is 0 Å². The van der Waals surface area contributed by atoms with E-state index in [0.29, 0.717) is 17.1 Å². The van der Waals surface area contributed by atoms with Crippen molar-refractivity contribution in [1.82, 2.24) is 14.9 Å². The van der Waals surface area contributed by atoms with Gasteiger partial charge in [0.15, 0.2) is 0 Å². The van der Waals surface area contributed by atoms with Crippen molar-refractivity contribution in [3.8, 4) is 5.75 Å². The molecule has 2 aromatic carbocycles. The topological polar surface area (TPSA) is 73.2 Å². The summed E-state index contributed by atoms with van der Waals surface area (Å²) in [6.45, 7) is 3.46. The third kappa shape index (κ3) is 4.46. The highest BCUT2D eigenvalue weighted by Crippen LogP contribution is 2.25. The monoisotopic (exact) mass is 377 g/mol. The Hall–Kier alpha value is -3.41. The SMILES string of the molecule is COc1cccc(C(NC(=O)Cn2c(C)cc(C)nc2=O)c2ccccc2)c1. The van der Waals surface area contributed by atoms with Crippen molar-refractivity contribution in [2.75, 3.05) is 7.11 Å². The summed E-state index contributed by atoms with van der Waals surface area (Å²) in [7, 11) is 1.61. The Morgan fingerprint density at radius 1 is 1.07 bits per heavy atom. The molecule has 1 N–H and O–H groups in total. The molecule has 0 bridgehead atoms. The second-order valence-corrected chi connectivity index (χ2v) is 6.60. The number of hydrogen-bond donors (Lipinski definition) is 1. The highest BCUT2D eigenvalue weighted by atomic mass is 16.5. The summed E-state index contributed by atoms with van der Waals surface area (Å²) in [5, 5.41) is 3.04. The van der Waals surface area contributed by atoms with E-state index < -0.39 is 5.69 Å². The Bertz CT molecular complexity index is 1030. The van der Waals surface area contributed by atoms with Crippen molar-refractivity contribution in [3.05, 3.63) is 93.7 Å². The van der Waals surface area contributed by atoms with E-state index in [2.05, 4.69) is 10.3 Å². The Morgan fingerprint density at radius 3 is 2.46 bits per heavy atom. The number of benzene rings is 2. The molecule has 1 unspecified atom stereocenters. The first-order valence-corrected chi connectivity index (χ1v) is 9.01. The molecule has 0 saturated heterocycles. The molecule has 3 rings (SSSR count). The Kier molecular flexibility index (Phi) is 5.89. The molecule has 0 aliphatic rings. The molecule has 0 spiro atoms. The minimum Gasteiger partial charge on any atom is -0.497 e. The van der Waals surface area contributed by atoms with Gasteiger partial charge in [0.25, 0.3) is 0 Å². The molecule has 28 heavy (non-hydrogen) atoms. The van der Waals surface area contributed by atoms with Gasteiger partial charge in [-0.1, -0.05) is 42.5 Å². The largest absolute Gasteiger partial charge is 0.497 e. The smallest absolute Gasteiger partial charge is 0.348 e. The molecule has 1 atom stereocenters. The summed E-state index contributed by atoms with van der Waals surface area (Å²) >= 11 is 0. The molecule has 6 nitrogen and oxygen atoms in total. The van der Waals surface area contributed by atoms with E-state index in [1.165, 1.54) is 4.57 Å². The quantitative estimate of drug-likeness (QED) is 0.717. The lowest BCUT2D eigenvalue weighted by Crippen LogP contribution is -2.36. The Balaban J connectivity index is 1.90. The number of nitrogens with one attached hydrogen (secondary N) is 1. The summed E-state index contributed by atoms with van der Waals surface area (Å²) in [4.78, 5) is 28.9. The van der Waals surface area contributed by atoms with Gasteiger partial charge in [0.1, 0.15) is 12.3 Å². The van der Waals surface area contributed by atoms with Crippen LogP contribution in [0.1, 0.15) is 28.6 Å². The lowest BCUT2D eigenvalue weighted by Gasteiger charge is -2.21. The molecule has 0 aliphatic heterocycles. The average molecular weight is 377 g/mol. The van der Waals surface area contributed by atoms with E-state index in [1.807, 2.05) is 54.6 Å². The number of carbonyl (C=O) groups excluding carboxylic acids is 1. The number of rotatable bonds is 6. The molecule has 0 radical (unpaired) electrons. The maximum Gasteiger partial charge on any atom is 0.348 e. The summed E-state index contributed by atoms with van der Waals surface area (Å²) in [5.41, 5.74) is 2.74. The van der Waals surface area contributed by atoms with E-state index in [-0.39, 0.29) is 18.5 Å². The van der Waals surface area contributed by atoms with Crippen LogP contribution in [0.5, 0.6) is 5.75 Å². The van der Waals surface area contributed by atoms with E-state index >= 15 is 0 Å². The van der Waals surface area contributed by atoms with E-state index in [0.717, 1.165) is 11.1 Å². The zero-order chi connectivity index (χ0) is 20.1. The fraction of sp³-hybridized carbons (Fsp3) is 0.227. The van der Waals surface area contributed by atoms with Crippen LogP contribution < -0.4 is 15.7 Å². The summed E-state index contributed by atoms with van der Waals surface area (Å²) in [6.07, 6.45) is 0. The number of amides is 1. The van der Waals surface area contributed by atoms with Crippen LogP contribution in [-0.4, -0.2) is 22.6 Å². The Morgan fingerprint density at radius 2 is 1.79 bits per heavy atom. The first kappa shape index (κ1) is 19.4. The predicted octanol–water partition coefficient (Wildman–Crippen LogP) is 2.77. The van der Waals surface area contributed by atoms with Crippen LogP contribution in [0.15, 0.2) is 65.5 Å². The van der Waals surface area contributed by atoms with Crippen LogP contribution in [0.4, 0.5) is 0 Å². The maximum absolute atomic E-state index is 12.8. The third-order valence-electron chi connectivity index (χ3n) is 4.51. The second-order valence-electron chi connectivity index (χ2n) is 6.60. The average Bonchev–Trinajstić information content (AvgIpc) is 2.69. The van der Waals surface area contributed by atoms with Crippen molar-refractivity contribution < 1.29 is 9.53 Å². The summed E-state index contributed by atoms with van der Waals surface area (Å²) in [6, 6.07) is 18.7. The van der Waals surface area contributed by atoms with Crippen LogP contribution in [0, 0.1) is 13.8 Å². The first-order valence-electron chi connectivity index (χ1n) is 9.01. The molecule has 1 heterocycles. The standard InChI is InChI=1S/C22H23N3O3/c1-15-12-16(2)25(22(27)23-15)14-20(26)24-21(17-8-5-4-6-9-17)18-10-7-11-19(13-18)28-3/h4-13,21H,14H2,1-3H3,(H,24,26). The number of nitrogens with zero attached hydrogens (tertiary/aromatic N) is 2. The van der Waals surface area contributed by atoms with Gasteiger partial charge in [-0.2, -0.15) is 4.98 Å². The lowest BCUT2D eigenvalue weighted by molar-refractivity contribution is -0.122.